The van der Waals surface area contributed by atoms with Crippen molar-refractivity contribution in [2.45, 2.75) is 19.4 Å². The normalized spacial score (nSPS) is 12.2. The second-order valence-electron chi connectivity index (χ2n) is 4.34. The molecule has 5 heteroatoms. The first kappa shape index (κ1) is 13.8. The van der Waals surface area contributed by atoms with Crippen LogP contribution in [-0.4, -0.2) is 11.0 Å². The lowest BCUT2D eigenvalue weighted by molar-refractivity contribution is 0.461. The Morgan fingerprint density at radius 1 is 1.42 bits per heavy atom. The molecule has 0 saturated heterocycles. The molecular weight excluding hydrogens is 267 g/mol. The van der Waals surface area contributed by atoms with Gasteiger partial charge in [-0.2, -0.15) is 0 Å². The van der Waals surface area contributed by atoms with Crippen LogP contribution in [0.25, 0.3) is 0 Å². The Kier molecular flexibility index (Phi) is 4.35. The van der Waals surface area contributed by atoms with Gasteiger partial charge in [0.1, 0.15) is 17.3 Å². The summed E-state index contributed by atoms with van der Waals surface area (Å²) in [6.45, 7) is 1.82. The zero-order valence-electron chi connectivity index (χ0n) is 10.4. The number of ether oxygens (including phenoxy) is 1. The number of halogens is 2. The largest absolute Gasteiger partial charge is 0.455 e. The van der Waals surface area contributed by atoms with Crippen LogP contribution in [0.5, 0.6) is 11.5 Å². The zero-order valence-corrected chi connectivity index (χ0v) is 11.2. The number of hydrogen-bond donors (Lipinski definition) is 1. The van der Waals surface area contributed by atoms with Crippen LogP contribution in [-0.2, 0) is 6.42 Å². The zero-order chi connectivity index (χ0) is 13.8. The van der Waals surface area contributed by atoms with Gasteiger partial charge in [0, 0.05) is 23.9 Å². The van der Waals surface area contributed by atoms with Crippen molar-refractivity contribution in [1.29, 1.82) is 0 Å². The van der Waals surface area contributed by atoms with E-state index in [1.165, 1.54) is 18.5 Å². The smallest absolute Gasteiger partial charge is 0.147 e. The first-order valence-corrected chi connectivity index (χ1v) is 6.25. The van der Waals surface area contributed by atoms with Gasteiger partial charge in [-0.15, -0.1) is 0 Å². The van der Waals surface area contributed by atoms with Crippen molar-refractivity contribution in [2.75, 3.05) is 0 Å². The minimum absolute atomic E-state index is 0.156. The molecule has 2 rings (SSSR count). The Morgan fingerprint density at radius 3 is 2.89 bits per heavy atom. The Bertz CT molecular complexity index is 575. The molecule has 1 aromatic carbocycles. The van der Waals surface area contributed by atoms with Gasteiger partial charge >= 0.3 is 0 Å². The van der Waals surface area contributed by atoms with Crippen LogP contribution in [0.15, 0.2) is 36.7 Å². The molecule has 0 bridgehead atoms. The first-order valence-electron chi connectivity index (χ1n) is 5.87. The first-order chi connectivity index (χ1) is 9.06. The van der Waals surface area contributed by atoms with Crippen molar-refractivity contribution in [3.63, 3.8) is 0 Å². The maximum absolute atomic E-state index is 13.8. The molecule has 1 unspecified atom stereocenters. The molecular formula is C14H14ClFN2O. The van der Waals surface area contributed by atoms with Crippen molar-refractivity contribution >= 4 is 11.6 Å². The Morgan fingerprint density at radius 2 is 2.21 bits per heavy atom. The molecule has 1 heterocycles. The van der Waals surface area contributed by atoms with E-state index in [1.807, 2.05) is 6.92 Å². The maximum Gasteiger partial charge on any atom is 0.147 e. The molecule has 0 fully saturated rings. The highest BCUT2D eigenvalue weighted by Gasteiger charge is 2.12. The Hall–Kier alpha value is -1.65. The third kappa shape index (κ3) is 3.66. The van der Waals surface area contributed by atoms with Crippen LogP contribution >= 0.6 is 11.6 Å². The summed E-state index contributed by atoms with van der Waals surface area (Å²) in [5.74, 6) is 0.565. The summed E-state index contributed by atoms with van der Waals surface area (Å²) < 4.78 is 19.4. The van der Waals surface area contributed by atoms with Gasteiger partial charge < -0.3 is 10.5 Å². The lowest BCUT2D eigenvalue weighted by Crippen LogP contribution is -2.19. The van der Waals surface area contributed by atoms with E-state index in [2.05, 4.69) is 4.98 Å². The SMILES string of the molecule is CC(N)Cc1c(F)cccc1Oc1cncc(Cl)c1. The van der Waals surface area contributed by atoms with Crippen molar-refractivity contribution in [3.05, 3.63) is 53.1 Å². The van der Waals surface area contributed by atoms with Crippen LogP contribution in [0.3, 0.4) is 0 Å². The van der Waals surface area contributed by atoms with E-state index in [9.17, 15) is 4.39 Å². The molecule has 100 valence electrons. The number of aromatic nitrogens is 1. The van der Waals surface area contributed by atoms with Crippen LogP contribution in [0, 0.1) is 5.82 Å². The molecule has 0 saturated carbocycles. The van der Waals surface area contributed by atoms with Gasteiger partial charge in [0.05, 0.1) is 11.2 Å². The van der Waals surface area contributed by atoms with Gasteiger partial charge in [-0.1, -0.05) is 17.7 Å². The summed E-state index contributed by atoms with van der Waals surface area (Å²) in [5, 5.41) is 0.461. The highest BCUT2D eigenvalue weighted by molar-refractivity contribution is 6.30. The predicted octanol–water partition coefficient (Wildman–Crippen LogP) is 3.56. The molecule has 19 heavy (non-hydrogen) atoms. The number of nitrogens with zero attached hydrogens (tertiary/aromatic N) is 1. The molecule has 0 amide bonds. The summed E-state index contributed by atoms with van der Waals surface area (Å²) in [7, 11) is 0. The molecule has 0 radical (unpaired) electrons. The summed E-state index contributed by atoms with van der Waals surface area (Å²) >= 11 is 5.83. The molecule has 1 aromatic heterocycles. The standard InChI is InChI=1S/C14H14ClFN2O/c1-9(17)5-12-13(16)3-2-4-14(12)19-11-6-10(15)7-18-8-11/h2-4,6-9H,5,17H2,1H3. The van der Waals surface area contributed by atoms with E-state index in [0.29, 0.717) is 28.5 Å². The molecule has 3 nitrogen and oxygen atoms in total. The fraction of sp³-hybridized carbons (Fsp3) is 0.214. The lowest BCUT2D eigenvalue weighted by atomic mass is 10.1. The Labute approximate surface area is 116 Å². The quantitative estimate of drug-likeness (QED) is 0.931. The second kappa shape index (κ2) is 5.99. The molecule has 0 aliphatic heterocycles. The van der Waals surface area contributed by atoms with Crippen molar-refractivity contribution in [2.24, 2.45) is 5.73 Å². The number of pyridine rings is 1. The molecule has 0 spiro atoms. The third-order valence-electron chi connectivity index (χ3n) is 2.51. The fourth-order valence-electron chi connectivity index (χ4n) is 1.73. The average molecular weight is 281 g/mol. The minimum Gasteiger partial charge on any atom is -0.455 e. The van der Waals surface area contributed by atoms with E-state index < -0.39 is 0 Å². The summed E-state index contributed by atoms with van der Waals surface area (Å²) in [6, 6.07) is 6.14. The van der Waals surface area contributed by atoms with Crippen LogP contribution in [0.2, 0.25) is 5.02 Å². The van der Waals surface area contributed by atoms with Crippen LogP contribution in [0.4, 0.5) is 4.39 Å². The highest BCUT2D eigenvalue weighted by atomic mass is 35.5. The monoisotopic (exact) mass is 280 g/mol. The summed E-state index contributed by atoms with van der Waals surface area (Å²) in [4.78, 5) is 3.92. The van der Waals surface area contributed by atoms with Crippen LogP contribution < -0.4 is 10.5 Å². The lowest BCUT2D eigenvalue weighted by Gasteiger charge is -2.13. The average Bonchev–Trinajstić information content (AvgIpc) is 2.33. The van der Waals surface area contributed by atoms with Gasteiger partial charge in [-0.3, -0.25) is 4.98 Å². The molecule has 2 N–H and O–H groups in total. The van der Waals surface area contributed by atoms with Gasteiger partial charge in [0.25, 0.3) is 0 Å². The summed E-state index contributed by atoms with van der Waals surface area (Å²) in [5.41, 5.74) is 6.18. The second-order valence-corrected chi connectivity index (χ2v) is 4.78. The summed E-state index contributed by atoms with van der Waals surface area (Å²) in [6.07, 6.45) is 3.42. The fourth-order valence-corrected chi connectivity index (χ4v) is 1.89. The molecule has 1 atom stereocenters. The molecule has 2 aromatic rings. The number of hydrogen-bond acceptors (Lipinski definition) is 3. The maximum atomic E-state index is 13.8. The van der Waals surface area contributed by atoms with Crippen LogP contribution in [0.1, 0.15) is 12.5 Å². The van der Waals surface area contributed by atoms with Crippen molar-refractivity contribution in [1.82, 2.24) is 4.98 Å². The predicted molar refractivity (Wildman–Crippen MR) is 73.1 cm³/mol. The Balaban J connectivity index is 2.31. The topological polar surface area (TPSA) is 48.1 Å². The van der Waals surface area contributed by atoms with E-state index in [4.69, 9.17) is 22.1 Å². The molecule has 0 aliphatic carbocycles. The number of rotatable bonds is 4. The third-order valence-corrected chi connectivity index (χ3v) is 2.72. The van der Waals surface area contributed by atoms with Gasteiger partial charge in [-0.05, 0) is 25.5 Å². The van der Waals surface area contributed by atoms with E-state index in [-0.39, 0.29) is 11.9 Å². The van der Waals surface area contributed by atoms with Gasteiger partial charge in [0.2, 0.25) is 0 Å². The highest BCUT2D eigenvalue weighted by Crippen LogP contribution is 2.28. The molecule has 0 aliphatic rings. The van der Waals surface area contributed by atoms with E-state index in [0.717, 1.165) is 0 Å². The van der Waals surface area contributed by atoms with E-state index >= 15 is 0 Å². The van der Waals surface area contributed by atoms with Crippen molar-refractivity contribution < 1.29 is 9.13 Å². The van der Waals surface area contributed by atoms with Gasteiger partial charge in [-0.25, -0.2) is 4.39 Å². The van der Waals surface area contributed by atoms with Crippen molar-refractivity contribution in [3.8, 4) is 11.5 Å². The van der Waals surface area contributed by atoms with E-state index in [1.54, 1.807) is 18.2 Å². The number of benzene rings is 1. The van der Waals surface area contributed by atoms with Gasteiger partial charge in [0.15, 0.2) is 0 Å². The minimum atomic E-state index is -0.329. The number of nitrogens with two attached hydrogens (primary N) is 1.